The zero-order valence-electron chi connectivity index (χ0n) is 19.0. The Morgan fingerprint density at radius 3 is 0.875 bits per heavy atom. The number of hydrogen-bond donors (Lipinski definition) is 2. The van der Waals surface area contributed by atoms with Crippen molar-refractivity contribution in [3.8, 4) is 0 Å². The molecule has 188 valence electrons. The molecule has 0 radical (unpaired) electrons. The molecule has 2 saturated heterocycles. The summed E-state index contributed by atoms with van der Waals surface area (Å²) in [5, 5.41) is 6.00. The second-order valence-corrected chi connectivity index (χ2v) is 6.75. The first-order chi connectivity index (χ1) is 14.4. The minimum Gasteiger partial charge on any atom is -0.466 e. The summed E-state index contributed by atoms with van der Waals surface area (Å²) in [7, 11) is 0. The van der Waals surface area contributed by atoms with E-state index in [0.29, 0.717) is 52.6 Å². The molecule has 0 bridgehead atoms. The first kappa shape index (κ1) is 32.6. The Kier molecular flexibility index (Phi) is 18.2. The van der Waals surface area contributed by atoms with Gasteiger partial charge in [0.1, 0.15) is 0 Å². The normalized spacial score (nSPS) is 23.4. The van der Waals surface area contributed by atoms with E-state index < -0.39 is 23.7 Å². The van der Waals surface area contributed by atoms with E-state index in [-0.39, 0.29) is 48.7 Å². The van der Waals surface area contributed by atoms with Crippen LogP contribution in [0, 0.1) is 23.7 Å². The topological polar surface area (TPSA) is 129 Å². The summed E-state index contributed by atoms with van der Waals surface area (Å²) >= 11 is 0. The van der Waals surface area contributed by atoms with Crippen LogP contribution in [0.3, 0.4) is 0 Å². The van der Waals surface area contributed by atoms with Gasteiger partial charge in [0.05, 0.1) is 50.1 Å². The van der Waals surface area contributed by atoms with Gasteiger partial charge in [0.25, 0.3) is 0 Å². The second-order valence-electron chi connectivity index (χ2n) is 6.75. The number of ether oxygens (including phenoxy) is 4. The van der Waals surface area contributed by atoms with Crippen molar-refractivity contribution in [1.82, 2.24) is 10.6 Å². The highest BCUT2D eigenvalue weighted by Gasteiger charge is 2.40. The lowest BCUT2D eigenvalue weighted by atomic mass is 9.96. The van der Waals surface area contributed by atoms with Crippen LogP contribution in [0.5, 0.6) is 0 Å². The molecule has 0 aliphatic carbocycles. The van der Waals surface area contributed by atoms with E-state index in [4.69, 9.17) is 18.9 Å². The molecule has 2 fully saturated rings. The Hall–Kier alpha value is -1.62. The number of hydrogen-bond acceptors (Lipinski definition) is 10. The molecule has 2 heterocycles. The molecule has 2 aliphatic rings. The SMILES string of the molecule is CCOC(=O)[C@@H]1CNC[C@H]1C(=O)OCC.CCOC(=O)[C@H]1CNC[C@@H]1C(=O)OCC.Cl.Cl. The van der Waals surface area contributed by atoms with Gasteiger partial charge in [-0.2, -0.15) is 0 Å². The van der Waals surface area contributed by atoms with Crippen molar-refractivity contribution >= 4 is 48.7 Å². The molecule has 0 aromatic carbocycles. The van der Waals surface area contributed by atoms with Gasteiger partial charge < -0.3 is 29.6 Å². The van der Waals surface area contributed by atoms with Crippen LogP contribution in [0.2, 0.25) is 0 Å². The number of esters is 4. The molecule has 0 unspecified atom stereocenters. The average Bonchev–Trinajstić information content (AvgIpc) is 3.39. The molecular formula is C20H36Cl2N2O8. The molecule has 12 heteroatoms. The third kappa shape index (κ3) is 9.89. The Labute approximate surface area is 201 Å². The largest absolute Gasteiger partial charge is 0.466 e. The fourth-order valence-electron chi connectivity index (χ4n) is 3.35. The highest BCUT2D eigenvalue weighted by molar-refractivity contribution is 5.86. The Morgan fingerprint density at radius 2 is 0.719 bits per heavy atom. The highest BCUT2D eigenvalue weighted by atomic mass is 35.5. The van der Waals surface area contributed by atoms with E-state index in [1.165, 1.54) is 0 Å². The van der Waals surface area contributed by atoms with E-state index in [9.17, 15) is 19.2 Å². The third-order valence-corrected chi connectivity index (χ3v) is 4.79. The van der Waals surface area contributed by atoms with Gasteiger partial charge in [-0.3, -0.25) is 19.2 Å². The minimum absolute atomic E-state index is 0. The zero-order chi connectivity index (χ0) is 22.5. The number of rotatable bonds is 8. The van der Waals surface area contributed by atoms with Gasteiger partial charge in [0, 0.05) is 26.2 Å². The van der Waals surface area contributed by atoms with Crippen LogP contribution < -0.4 is 10.6 Å². The Morgan fingerprint density at radius 1 is 0.531 bits per heavy atom. The molecule has 0 aromatic heterocycles. The lowest BCUT2D eigenvalue weighted by Gasteiger charge is -2.15. The van der Waals surface area contributed by atoms with E-state index in [0.717, 1.165) is 0 Å². The van der Waals surface area contributed by atoms with Crippen molar-refractivity contribution in [3.05, 3.63) is 0 Å². The lowest BCUT2D eigenvalue weighted by molar-refractivity contribution is -0.157. The van der Waals surface area contributed by atoms with Crippen molar-refractivity contribution in [1.29, 1.82) is 0 Å². The van der Waals surface area contributed by atoms with Crippen LogP contribution in [0.4, 0.5) is 0 Å². The third-order valence-electron chi connectivity index (χ3n) is 4.79. The molecule has 0 saturated carbocycles. The fraction of sp³-hybridized carbons (Fsp3) is 0.800. The van der Waals surface area contributed by atoms with E-state index in [1.807, 2.05) is 0 Å². The number of halogens is 2. The summed E-state index contributed by atoms with van der Waals surface area (Å²) in [6, 6.07) is 0. The van der Waals surface area contributed by atoms with Crippen molar-refractivity contribution in [2.45, 2.75) is 27.7 Å². The fourth-order valence-corrected chi connectivity index (χ4v) is 3.35. The van der Waals surface area contributed by atoms with Crippen LogP contribution in [0.15, 0.2) is 0 Å². The van der Waals surface area contributed by atoms with Crippen LogP contribution in [0.25, 0.3) is 0 Å². The van der Waals surface area contributed by atoms with Crippen molar-refractivity contribution < 1.29 is 38.1 Å². The molecule has 2 rings (SSSR count). The predicted molar refractivity (Wildman–Crippen MR) is 121 cm³/mol. The van der Waals surface area contributed by atoms with Gasteiger partial charge >= 0.3 is 23.9 Å². The molecule has 0 aromatic rings. The minimum atomic E-state index is -0.399. The molecular weight excluding hydrogens is 467 g/mol. The van der Waals surface area contributed by atoms with Gasteiger partial charge in [-0.25, -0.2) is 0 Å². The summed E-state index contributed by atoms with van der Waals surface area (Å²) in [4.78, 5) is 46.0. The van der Waals surface area contributed by atoms with Gasteiger partial charge in [0.15, 0.2) is 0 Å². The molecule has 32 heavy (non-hydrogen) atoms. The van der Waals surface area contributed by atoms with Crippen molar-refractivity contribution in [2.24, 2.45) is 23.7 Å². The quantitative estimate of drug-likeness (QED) is 0.361. The van der Waals surface area contributed by atoms with Crippen LogP contribution in [-0.2, 0) is 38.1 Å². The maximum atomic E-state index is 11.5. The highest BCUT2D eigenvalue weighted by Crippen LogP contribution is 2.20. The average molecular weight is 503 g/mol. The van der Waals surface area contributed by atoms with E-state index >= 15 is 0 Å². The standard InChI is InChI=1S/2C10H17NO4.2ClH/c2*1-3-14-9(12)7-5-11-6-8(7)10(13)15-4-2;;/h2*7-8,11H,3-6H2,1-2H3;2*1H/t2*7-,8-;;/m10../s1. The van der Waals surface area contributed by atoms with E-state index in [1.54, 1.807) is 27.7 Å². The first-order valence-electron chi connectivity index (χ1n) is 10.5. The summed E-state index contributed by atoms with van der Waals surface area (Å²) in [6.07, 6.45) is 0. The van der Waals surface area contributed by atoms with Gasteiger partial charge in [-0.15, -0.1) is 24.8 Å². The Balaban J connectivity index is 0. The summed E-state index contributed by atoms with van der Waals surface area (Å²) in [6.45, 7) is 10.3. The van der Waals surface area contributed by atoms with Crippen LogP contribution in [0.1, 0.15) is 27.7 Å². The summed E-state index contributed by atoms with van der Waals surface area (Å²) < 4.78 is 19.6. The molecule has 4 atom stereocenters. The molecule has 2 N–H and O–H groups in total. The number of nitrogens with one attached hydrogen (secondary N) is 2. The molecule has 0 amide bonds. The lowest BCUT2D eigenvalue weighted by Crippen LogP contribution is -2.31. The van der Waals surface area contributed by atoms with Crippen LogP contribution >= 0.6 is 24.8 Å². The second kappa shape index (κ2) is 17.9. The van der Waals surface area contributed by atoms with Gasteiger partial charge in [0.2, 0.25) is 0 Å². The van der Waals surface area contributed by atoms with Gasteiger partial charge in [-0.05, 0) is 27.7 Å². The number of carbonyl (C=O) groups excluding carboxylic acids is 4. The maximum absolute atomic E-state index is 11.5. The molecule has 2 aliphatic heterocycles. The first-order valence-corrected chi connectivity index (χ1v) is 10.5. The van der Waals surface area contributed by atoms with Crippen molar-refractivity contribution in [2.75, 3.05) is 52.6 Å². The van der Waals surface area contributed by atoms with Gasteiger partial charge in [-0.1, -0.05) is 0 Å². The molecule has 0 spiro atoms. The zero-order valence-corrected chi connectivity index (χ0v) is 20.7. The number of carbonyl (C=O) groups is 4. The predicted octanol–water partition coefficient (Wildman–Crippen LogP) is 0.740. The van der Waals surface area contributed by atoms with Crippen LogP contribution in [-0.4, -0.2) is 76.5 Å². The Bertz CT molecular complexity index is 496. The molecule has 10 nitrogen and oxygen atoms in total. The summed E-state index contributed by atoms with van der Waals surface area (Å²) in [5.74, 6) is -2.87. The summed E-state index contributed by atoms with van der Waals surface area (Å²) in [5.41, 5.74) is 0. The maximum Gasteiger partial charge on any atom is 0.311 e. The van der Waals surface area contributed by atoms with E-state index in [2.05, 4.69) is 10.6 Å². The monoisotopic (exact) mass is 502 g/mol. The smallest absolute Gasteiger partial charge is 0.311 e. The van der Waals surface area contributed by atoms with Crippen molar-refractivity contribution in [3.63, 3.8) is 0 Å².